The molecule has 134 valence electrons. The molecule has 0 saturated heterocycles. The largest absolute Gasteiger partial charge is 0.481 e. The van der Waals surface area contributed by atoms with E-state index in [0.717, 1.165) is 0 Å². The molecule has 0 bridgehead atoms. The predicted octanol–water partition coefficient (Wildman–Crippen LogP) is 1.39. The van der Waals surface area contributed by atoms with E-state index in [9.17, 15) is 19.2 Å². The van der Waals surface area contributed by atoms with Gasteiger partial charge >= 0.3 is 23.9 Å². The van der Waals surface area contributed by atoms with Crippen LogP contribution in [0.3, 0.4) is 0 Å². The zero-order valence-electron chi connectivity index (χ0n) is 13.1. The highest BCUT2D eigenvalue weighted by molar-refractivity contribution is 5.93. The van der Waals surface area contributed by atoms with Gasteiger partial charge in [-0.05, 0) is 62.2 Å². The number of hydrogen-bond donors (Lipinski definition) is 4. The summed E-state index contributed by atoms with van der Waals surface area (Å²) in [6.07, 6.45) is 3.14. The van der Waals surface area contributed by atoms with E-state index in [-0.39, 0.29) is 11.8 Å². The fourth-order valence-electron chi connectivity index (χ4n) is 4.59. The molecule has 0 heterocycles. The van der Waals surface area contributed by atoms with Crippen molar-refractivity contribution < 1.29 is 39.6 Å². The number of rotatable bonds is 6. The second-order valence-electron chi connectivity index (χ2n) is 6.97. The Labute approximate surface area is 138 Å². The lowest BCUT2D eigenvalue weighted by Crippen LogP contribution is -2.41. The van der Waals surface area contributed by atoms with Gasteiger partial charge in [0.15, 0.2) is 11.8 Å². The molecule has 4 N–H and O–H groups in total. The van der Waals surface area contributed by atoms with Gasteiger partial charge in [-0.15, -0.1) is 0 Å². The summed E-state index contributed by atoms with van der Waals surface area (Å²) in [5, 5.41) is 36.5. The molecule has 2 rings (SSSR count). The first-order valence-corrected chi connectivity index (χ1v) is 8.13. The molecule has 2 fully saturated rings. The number of carbonyl (C=O) groups is 4. The molecule has 0 aromatic heterocycles. The van der Waals surface area contributed by atoms with Crippen LogP contribution in [0.2, 0.25) is 0 Å². The summed E-state index contributed by atoms with van der Waals surface area (Å²) in [4.78, 5) is 44.7. The highest BCUT2D eigenvalue weighted by Gasteiger charge is 2.45. The van der Waals surface area contributed by atoms with Gasteiger partial charge in [0.1, 0.15) is 0 Å². The van der Waals surface area contributed by atoms with Gasteiger partial charge < -0.3 is 20.4 Å². The molecular weight excluding hydrogens is 320 g/mol. The Balaban J connectivity index is 2.03. The van der Waals surface area contributed by atoms with E-state index >= 15 is 0 Å². The summed E-state index contributed by atoms with van der Waals surface area (Å²) in [5.74, 6) is -8.67. The highest BCUT2D eigenvalue weighted by Crippen LogP contribution is 2.48. The molecule has 8 nitrogen and oxygen atoms in total. The Hall–Kier alpha value is -2.12. The quantitative estimate of drug-likeness (QED) is 0.529. The van der Waals surface area contributed by atoms with Crippen molar-refractivity contribution in [1.82, 2.24) is 0 Å². The molecule has 0 radical (unpaired) electrons. The maximum Gasteiger partial charge on any atom is 0.318 e. The van der Waals surface area contributed by atoms with E-state index in [4.69, 9.17) is 20.4 Å². The van der Waals surface area contributed by atoms with E-state index < -0.39 is 47.5 Å². The van der Waals surface area contributed by atoms with Gasteiger partial charge in [0.25, 0.3) is 0 Å². The molecule has 4 unspecified atom stereocenters. The molecular formula is C16H22O8. The molecule has 2 saturated carbocycles. The fourth-order valence-corrected chi connectivity index (χ4v) is 4.59. The van der Waals surface area contributed by atoms with E-state index in [2.05, 4.69) is 0 Å². The van der Waals surface area contributed by atoms with Crippen molar-refractivity contribution in [2.24, 2.45) is 35.5 Å². The normalized spacial score (nSPS) is 29.9. The third-order valence-electron chi connectivity index (χ3n) is 5.70. The average molecular weight is 342 g/mol. The van der Waals surface area contributed by atoms with Crippen molar-refractivity contribution in [1.29, 1.82) is 0 Å². The number of carboxylic acids is 4. The van der Waals surface area contributed by atoms with E-state index in [1.807, 2.05) is 0 Å². The maximum atomic E-state index is 11.2. The minimum Gasteiger partial charge on any atom is -0.481 e. The van der Waals surface area contributed by atoms with Gasteiger partial charge in [-0.1, -0.05) is 0 Å². The summed E-state index contributed by atoms with van der Waals surface area (Å²) in [7, 11) is 0. The zero-order chi connectivity index (χ0) is 18.0. The van der Waals surface area contributed by atoms with Crippen LogP contribution >= 0.6 is 0 Å². The van der Waals surface area contributed by atoms with Crippen LogP contribution in [0.4, 0.5) is 0 Å². The van der Waals surface area contributed by atoms with Crippen LogP contribution in [0.1, 0.15) is 38.5 Å². The molecule has 0 spiro atoms. The maximum absolute atomic E-state index is 11.2. The molecule has 4 atom stereocenters. The van der Waals surface area contributed by atoms with Gasteiger partial charge in [-0.2, -0.15) is 0 Å². The van der Waals surface area contributed by atoms with Gasteiger partial charge in [0.2, 0.25) is 0 Å². The second kappa shape index (κ2) is 7.19. The van der Waals surface area contributed by atoms with E-state index in [1.165, 1.54) is 0 Å². The standard InChI is InChI=1S/C16H22O8/c17-13(18)11(14(19)20)9-3-1-7-5-10(4-2-8(7)6-9)12(15(21)22)16(23)24/h7-12H,1-6H2,(H,17,18)(H,19,20)(H,21,22)(H,23,24). The minimum atomic E-state index is -1.41. The van der Waals surface area contributed by atoms with Crippen molar-refractivity contribution in [3.63, 3.8) is 0 Å². The first kappa shape index (κ1) is 18.2. The van der Waals surface area contributed by atoms with Crippen LogP contribution in [-0.4, -0.2) is 44.3 Å². The number of fused-ring (bicyclic) bond motifs is 1. The SMILES string of the molecule is O=C(O)C(C(=O)O)C1CCC2CC(C(C(=O)O)C(=O)O)CCC2C1. The summed E-state index contributed by atoms with van der Waals surface area (Å²) in [5.41, 5.74) is 0. The first-order chi connectivity index (χ1) is 11.2. The van der Waals surface area contributed by atoms with E-state index in [1.54, 1.807) is 0 Å². The number of aliphatic carboxylic acids is 4. The van der Waals surface area contributed by atoms with Crippen LogP contribution in [0.15, 0.2) is 0 Å². The van der Waals surface area contributed by atoms with Crippen LogP contribution < -0.4 is 0 Å². The molecule has 2 aliphatic rings. The van der Waals surface area contributed by atoms with Gasteiger partial charge in [-0.3, -0.25) is 19.2 Å². The van der Waals surface area contributed by atoms with Gasteiger partial charge in [-0.25, -0.2) is 0 Å². The van der Waals surface area contributed by atoms with Gasteiger partial charge in [0, 0.05) is 0 Å². The Morgan fingerprint density at radius 1 is 0.583 bits per heavy atom. The molecule has 0 aliphatic heterocycles. The van der Waals surface area contributed by atoms with Crippen molar-refractivity contribution in [3.05, 3.63) is 0 Å². The Kier molecular flexibility index (Phi) is 5.46. The third kappa shape index (κ3) is 3.68. The second-order valence-corrected chi connectivity index (χ2v) is 6.97. The fraction of sp³-hybridized carbons (Fsp3) is 0.750. The lowest BCUT2D eigenvalue weighted by Gasteiger charge is -2.43. The molecule has 0 aromatic carbocycles. The highest BCUT2D eigenvalue weighted by atomic mass is 16.4. The minimum absolute atomic E-state index is 0.143. The summed E-state index contributed by atoms with van der Waals surface area (Å²) < 4.78 is 0. The Morgan fingerprint density at radius 3 is 1.12 bits per heavy atom. The summed E-state index contributed by atoms with van der Waals surface area (Å²) >= 11 is 0. The molecule has 8 heteroatoms. The first-order valence-electron chi connectivity index (χ1n) is 8.13. The Morgan fingerprint density at radius 2 is 0.875 bits per heavy atom. The van der Waals surface area contributed by atoms with Crippen molar-refractivity contribution in [2.75, 3.05) is 0 Å². The smallest absolute Gasteiger partial charge is 0.318 e. The van der Waals surface area contributed by atoms with Crippen molar-refractivity contribution in [2.45, 2.75) is 38.5 Å². The van der Waals surface area contributed by atoms with Crippen molar-refractivity contribution >= 4 is 23.9 Å². The summed E-state index contributed by atoms with van der Waals surface area (Å²) in [6, 6.07) is 0. The van der Waals surface area contributed by atoms with E-state index in [0.29, 0.717) is 38.5 Å². The number of carboxylic acid groups (broad SMARTS) is 4. The lowest BCUT2D eigenvalue weighted by molar-refractivity contribution is -0.162. The molecule has 24 heavy (non-hydrogen) atoms. The predicted molar refractivity (Wildman–Crippen MR) is 79.2 cm³/mol. The Bertz CT molecular complexity index is 466. The van der Waals surface area contributed by atoms with Gasteiger partial charge in [0.05, 0.1) is 0 Å². The third-order valence-corrected chi connectivity index (χ3v) is 5.70. The molecule has 2 aliphatic carbocycles. The topological polar surface area (TPSA) is 149 Å². The van der Waals surface area contributed by atoms with Crippen LogP contribution in [0.5, 0.6) is 0 Å². The lowest BCUT2D eigenvalue weighted by atomic mass is 9.61. The van der Waals surface area contributed by atoms with Crippen LogP contribution in [0.25, 0.3) is 0 Å². The van der Waals surface area contributed by atoms with Crippen LogP contribution in [0, 0.1) is 35.5 Å². The van der Waals surface area contributed by atoms with Crippen molar-refractivity contribution in [3.8, 4) is 0 Å². The average Bonchev–Trinajstić information content (AvgIpc) is 2.45. The number of hydrogen-bond acceptors (Lipinski definition) is 4. The molecule has 0 amide bonds. The molecule has 0 aromatic rings. The van der Waals surface area contributed by atoms with Crippen LogP contribution in [-0.2, 0) is 19.2 Å². The monoisotopic (exact) mass is 342 g/mol. The summed E-state index contributed by atoms with van der Waals surface area (Å²) in [6.45, 7) is 0. The zero-order valence-corrected chi connectivity index (χ0v) is 13.1.